The maximum atomic E-state index is 12.8. The molecule has 8 nitrogen and oxygen atoms in total. The summed E-state index contributed by atoms with van der Waals surface area (Å²) in [6, 6.07) is 5.46. The molecule has 2 aromatic heterocycles. The van der Waals surface area contributed by atoms with Crippen LogP contribution in [0.15, 0.2) is 24.4 Å². The van der Waals surface area contributed by atoms with E-state index in [1.54, 1.807) is 18.3 Å². The number of carbonyl (C=O) groups is 2. The van der Waals surface area contributed by atoms with Gasteiger partial charge in [-0.15, -0.1) is 0 Å². The molecule has 2 bridgehead atoms. The van der Waals surface area contributed by atoms with Crippen LogP contribution in [0.1, 0.15) is 41.4 Å². The SMILES string of the molecule is Cc1nc(CCC(=O)N2CC3CCC2CN(C(=O)c2ccccn2)C3)n[nH]1. The van der Waals surface area contributed by atoms with Gasteiger partial charge in [0.05, 0.1) is 0 Å². The maximum absolute atomic E-state index is 12.8. The maximum Gasteiger partial charge on any atom is 0.272 e. The van der Waals surface area contributed by atoms with Crippen LogP contribution in [0.2, 0.25) is 0 Å². The molecule has 3 fully saturated rings. The van der Waals surface area contributed by atoms with Gasteiger partial charge in [-0.05, 0) is 37.8 Å². The van der Waals surface area contributed by atoms with Gasteiger partial charge in [0.15, 0.2) is 5.82 Å². The normalized spacial score (nSPS) is 22.0. The van der Waals surface area contributed by atoms with Gasteiger partial charge in [-0.3, -0.25) is 19.7 Å². The summed E-state index contributed by atoms with van der Waals surface area (Å²) < 4.78 is 0. The van der Waals surface area contributed by atoms with Gasteiger partial charge < -0.3 is 9.80 Å². The molecule has 5 rings (SSSR count). The highest BCUT2D eigenvalue weighted by atomic mass is 16.2. The first-order valence-corrected chi connectivity index (χ1v) is 9.48. The molecule has 2 unspecified atom stereocenters. The van der Waals surface area contributed by atoms with Crippen molar-refractivity contribution in [3.05, 3.63) is 41.7 Å². The largest absolute Gasteiger partial charge is 0.338 e. The number of hydrogen-bond donors (Lipinski definition) is 1. The monoisotopic (exact) mass is 368 g/mol. The van der Waals surface area contributed by atoms with Crippen molar-refractivity contribution in [2.75, 3.05) is 19.6 Å². The molecular formula is C19H24N6O2. The van der Waals surface area contributed by atoms with Crippen LogP contribution in [-0.2, 0) is 11.2 Å². The molecule has 27 heavy (non-hydrogen) atoms. The average molecular weight is 368 g/mol. The molecule has 1 N–H and O–H groups in total. The minimum atomic E-state index is -0.0435. The lowest BCUT2D eigenvalue weighted by Gasteiger charge is -2.36. The predicted molar refractivity (Wildman–Crippen MR) is 97.8 cm³/mol. The van der Waals surface area contributed by atoms with Gasteiger partial charge >= 0.3 is 0 Å². The zero-order valence-electron chi connectivity index (χ0n) is 15.5. The summed E-state index contributed by atoms with van der Waals surface area (Å²) in [5.41, 5.74) is 0.469. The summed E-state index contributed by atoms with van der Waals surface area (Å²) in [7, 11) is 0. The van der Waals surface area contributed by atoms with Crippen LogP contribution >= 0.6 is 0 Å². The number of rotatable bonds is 4. The molecule has 2 amide bonds. The van der Waals surface area contributed by atoms with Gasteiger partial charge in [0.25, 0.3) is 5.91 Å². The molecule has 0 saturated carbocycles. The Morgan fingerprint density at radius 1 is 1.22 bits per heavy atom. The minimum absolute atomic E-state index is 0.0435. The van der Waals surface area contributed by atoms with Crippen LogP contribution in [0, 0.1) is 12.8 Å². The summed E-state index contributed by atoms with van der Waals surface area (Å²) in [4.78, 5) is 37.9. The highest BCUT2D eigenvalue weighted by Crippen LogP contribution is 2.29. The Kier molecular flexibility index (Phi) is 4.87. The van der Waals surface area contributed by atoms with Crippen LogP contribution in [0.4, 0.5) is 0 Å². The lowest BCUT2D eigenvalue weighted by Crippen LogP contribution is -2.47. The van der Waals surface area contributed by atoms with Crippen molar-refractivity contribution in [2.45, 2.75) is 38.6 Å². The van der Waals surface area contributed by atoms with Crippen molar-refractivity contribution in [1.29, 1.82) is 0 Å². The molecule has 2 aromatic rings. The number of nitrogens with zero attached hydrogens (tertiary/aromatic N) is 5. The fourth-order valence-corrected chi connectivity index (χ4v) is 4.07. The second kappa shape index (κ2) is 7.46. The number of carbonyl (C=O) groups excluding carboxylic acids is 2. The lowest BCUT2D eigenvalue weighted by molar-refractivity contribution is -0.135. The van der Waals surface area contributed by atoms with Crippen LogP contribution in [-0.4, -0.2) is 67.5 Å². The lowest BCUT2D eigenvalue weighted by atomic mass is 9.94. The van der Waals surface area contributed by atoms with Gasteiger partial charge in [0, 0.05) is 44.7 Å². The third-order valence-electron chi connectivity index (χ3n) is 5.41. The Hall–Kier alpha value is -2.77. The van der Waals surface area contributed by atoms with E-state index in [0.29, 0.717) is 43.4 Å². The number of hydrogen-bond acceptors (Lipinski definition) is 5. The Morgan fingerprint density at radius 3 is 2.85 bits per heavy atom. The molecule has 3 saturated heterocycles. The number of aryl methyl sites for hydroxylation is 2. The molecule has 0 aliphatic carbocycles. The van der Waals surface area contributed by atoms with E-state index in [2.05, 4.69) is 20.2 Å². The third kappa shape index (κ3) is 3.84. The first kappa shape index (κ1) is 17.6. The molecule has 142 valence electrons. The minimum Gasteiger partial charge on any atom is -0.338 e. The summed E-state index contributed by atoms with van der Waals surface area (Å²) in [5.74, 6) is 1.84. The zero-order valence-corrected chi connectivity index (χ0v) is 15.5. The Labute approximate surface area is 158 Å². The molecule has 2 atom stereocenters. The van der Waals surface area contributed by atoms with Gasteiger partial charge in [-0.1, -0.05) is 6.07 Å². The number of aromatic amines is 1. The second-order valence-electron chi connectivity index (χ2n) is 7.41. The highest BCUT2D eigenvalue weighted by Gasteiger charge is 2.38. The molecule has 3 aliphatic rings. The van der Waals surface area contributed by atoms with Crippen molar-refractivity contribution in [3.63, 3.8) is 0 Å². The van der Waals surface area contributed by atoms with Gasteiger partial charge in [-0.2, -0.15) is 5.10 Å². The number of fused-ring (bicyclic) bond motifs is 4. The van der Waals surface area contributed by atoms with Crippen LogP contribution < -0.4 is 0 Å². The molecule has 0 radical (unpaired) electrons. The Balaban J connectivity index is 1.42. The van der Waals surface area contributed by atoms with E-state index in [4.69, 9.17) is 0 Å². The fraction of sp³-hybridized carbons (Fsp3) is 0.526. The number of amides is 2. The van der Waals surface area contributed by atoms with E-state index in [1.807, 2.05) is 22.8 Å². The van der Waals surface area contributed by atoms with Gasteiger partial charge in [0.2, 0.25) is 5.91 Å². The van der Waals surface area contributed by atoms with Crippen molar-refractivity contribution >= 4 is 11.8 Å². The number of aromatic nitrogens is 4. The number of nitrogens with one attached hydrogen (secondary N) is 1. The molecular weight excluding hydrogens is 344 g/mol. The first-order valence-electron chi connectivity index (χ1n) is 9.48. The second-order valence-corrected chi connectivity index (χ2v) is 7.41. The topological polar surface area (TPSA) is 95.1 Å². The van der Waals surface area contributed by atoms with E-state index < -0.39 is 0 Å². The zero-order chi connectivity index (χ0) is 18.8. The number of piperidine rings is 1. The molecule has 8 heteroatoms. The van der Waals surface area contributed by atoms with Gasteiger partial charge in [0.1, 0.15) is 11.5 Å². The van der Waals surface area contributed by atoms with Crippen molar-refractivity contribution in [3.8, 4) is 0 Å². The summed E-state index contributed by atoms with van der Waals surface area (Å²) >= 11 is 0. The van der Waals surface area contributed by atoms with Crippen molar-refractivity contribution in [1.82, 2.24) is 30.0 Å². The first-order chi connectivity index (χ1) is 13.1. The molecule has 0 aromatic carbocycles. The smallest absolute Gasteiger partial charge is 0.272 e. The molecule has 5 heterocycles. The van der Waals surface area contributed by atoms with E-state index in [1.165, 1.54) is 0 Å². The average Bonchev–Trinajstić information content (AvgIpc) is 2.91. The van der Waals surface area contributed by atoms with Gasteiger partial charge in [-0.25, -0.2) is 4.98 Å². The van der Waals surface area contributed by atoms with Crippen LogP contribution in [0.5, 0.6) is 0 Å². The fourth-order valence-electron chi connectivity index (χ4n) is 4.07. The van der Waals surface area contributed by atoms with E-state index in [9.17, 15) is 9.59 Å². The summed E-state index contributed by atoms with van der Waals surface area (Å²) in [6.45, 7) is 3.84. The van der Waals surface area contributed by atoms with Crippen LogP contribution in [0.25, 0.3) is 0 Å². The number of H-pyrrole nitrogens is 1. The molecule has 0 spiro atoms. The van der Waals surface area contributed by atoms with E-state index >= 15 is 0 Å². The molecule has 3 aliphatic heterocycles. The quantitative estimate of drug-likeness (QED) is 0.875. The standard InChI is InChI=1S/C19H24N6O2/c1-13-21-17(23-22-13)7-8-18(26)25-11-14-5-6-15(25)12-24(10-14)19(27)16-4-2-3-9-20-16/h2-4,9,14-15H,5-8,10-12H2,1H3,(H,21,22,23). The number of pyridine rings is 1. The van der Waals surface area contributed by atoms with Crippen molar-refractivity contribution < 1.29 is 9.59 Å². The highest BCUT2D eigenvalue weighted by molar-refractivity contribution is 5.92. The predicted octanol–water partition coefficient (Wildman–Crippen LogP) is 1.20. The summed E-state index contributed by atoms with van der Waals surface area (Å²) in [6.07, 6.45) is 4.57. The van der Waals surface area contributed by atoms with Crippen LogP contribution in [0.3, 0.4) is 0 Å². The summed E-state index contributed by atoms with van der Waals surface area (Å²) in [5, 5.41) is 6.91. The van der Waals surface area contributed by atoms with E-state index in [-0.39, 0.29) is 17.9 Å². The van der Waals surface area contributed by atoms with E-state index in [0.717, 1.165) is 25.2 Å². The van der Waals surface area contributed by atoms with Crippen molar-refractivity contribution in [2.24, 2.45) is 5.92 Å². The Morgan fingerprint density at radius 2 is 2.11 bits per heavy atom. The Bertz CT molecular complexity index is 821. The third-order valence-corrected chi connectivity index (χ3v) is 5.41.